The van der Waals surface area contributed by atoms with Gasteiger partial charge in [-0.3, -0.25) is 4.79 Å². The minimum atomic E-state index is -0.305. The molecule has 19 heavy (non-hydrogen) atoms. The Balaban J connectivity index is 2.09. The highest BCUT2D eigenvalue weighted by molar-refractivity contribution is 8.00. The minimum Gasteiger partial charge on any atom is -0.369 e. The average Bonchev–Trinajstić information content (AvgIpc) is 2.77. The third-order valence-corrected chi connectivity index (χ3v) is 5.72. The molecule has 0 aliphatic heterocycles. The molecular formula is C13H15N3OS2. The van der Waals surface area contributed by atoms with Gasteiger partial charge in [-0.05, 0) is 38.2 Å². The van der Waals surface area contributed by atoms with Crippen LogP contribution in [0.25, 0.3) is 10.2 Å². The molecule has 0 aromatic carbocycles. The number of nitrogens with two attached hydrogens (primary N) is 1. The number of thioether (sulfide) groups is 1. The van der Waals surface area contributed by atoms with Gasteiger partial charge >= 0.3 is 0 Å². The van der Waals surface area contributed by atoms with E-state index in [1.165, 1.54) is 35.0 Å². The number of carbonyl (C=O) groups is 1. The molecule has 100 valence electrons. The van der Waals surface area contributed by atoms with E-state index in [2.05, 4.69) is 9.97 Å². The van der Waals surface area contributed by atoms with Gasteiger partial charge < -0.3 is 5.73 Å². The molecular weight excluding hydrogens is 278 g/mol. The Bertz CT molecular complexity index is 638. The van der Waals surface area contributed by atoms with Crippen LogP contribution in [-0.4, -0.2) is 21.1 Å². The molecule has 0 spiro atoms. The van der Waals surface area contributed by atoms with Crippen LogP contribution in [0, 0.1) is 0 Å². The fourth-order valence-corrected chi connectivity index (χ4v) is 4.57. The van der Waals surface area contributed by atoms with Crippen molar-refractivity contribution >= 4 is 39.2 Å². The van der Waals surface area contributed by atoms with Gasteiger partial charge in [0.1, 0.15) is 16.2 Å². The maximum Gasteiger partial charge on any atom is 0.230 e. The van der Waals surface area contributed by atoms with Gasteiger partial charge in [0, 0.05) is 10.3 Å². The van der Waals surface area contributed by atoms with E-state index < -0.39 is 0 Å². The zero-order valence-electron chi connectivity index (χ0n) is 10.7. The molecule has 2 N–H and O–H groups in total. The average molecular weight is 293 g/mol. The van der Waals surface area contributed by atoms with Crippen molar-refractivity contribution in [3.8, 4) is 0 Å². The van der Waals surface area contributed by atoms with E-state index >= 15 is 0 Å². The number of aryl methyl sites for hydroxylation is 2. The number of amides is 1. The van der Waals surface area contributed by atoms with Crippen LogP contribution in [0.4, 0.5) is 0 Å². The number of carbonyl (C=O) groups excluding carboxylic acids is 1. The van der Waals surface area contributed by atoms with Gasteiger partial charge in [-0.2, -0.15) is 0 Å². The molecule has 1 amide bonds. The number of primary amides is 1. The SMILES string of the molecule is CC(Sc1ncnc2sc3c(c12)CCCC3)C(N)=O. The second-order valence-corrected chi connectivity index (χ2v) is 7.15. The smallest absolute Gasteiger partial charge is 0.230 e. The van der Waals surface area contributed by atoms with Crippen LogP contribution < -0.4 is 5.73 Å². The van der Waals surface area contributed by atoms with Gasteiger partial charge in [-0.15, -0.1) is 11.3 Å². The number of aromatic nitrogens is 2. The Labute approximate surface area is 119 Å². The highest BCUT2D eigenvalue weighted by Crippen LogP contribution is 2.39. The lowest BCUT2D eigenvalue weighted by Gasteiger charge is -2.12. The summed E-state index contributed by atoms with van der Waals surface area (Å²) in [5.74, 6) is -0.305. The van der Waals surface area contributed by atoms with E-state index in [4.69, 9.17) is 5.73 Å². The summed E-state index contributed by atoms with van der Waals surface area (Å²) in [6.45, 7) is 1.82. The first-order chi connectivity index (χ1) is 9.16. The molecule has 0 radical (unpaired) electrons. The maximum atomic E-state index is 11.2. The number of nitrogens with zero attached hydrogens (tertiary/aromatic N) is 2. The van der Waals surface area contributed by atoms with Crippen molar-refractivity contribution in [1.82, 2.24) is 9.97 Å². The van der Waals surface area contributed by atoms with Gasteiger partial charge in [0.05, 0.1) is 5.25 Å². The lowest BCUT2D eigenvalue weighted by atomic mass is 9.97. The summed E-state index contributed by atoms with van der Waals surface area (Å²) in [6.07, 6.45) is 6.31. The standard InChI is InChI=1S/C13H15N3OS2/c1-7(11(14)17)18-12-10-8-4-2-3-5-9(8)19-13(10)16-6-15-12/h6-7H,2-5H2,1H3,(H2,14,17). The molecule has 1 aliphatic rings. The van der Waals surface area contributed by atoms with Gasteiger partial charge in [-0.25, -0.2) is 9.97 Å². The van der Waals surface area contributed by atoms with E-state index in [1.54, 1.807) is 17.7 Å². The summed E-state index contributed by atoms with van der Waals surface area (Å²) in [5.41, 5.74) is 6.73. The van der Waals surface area contributed by atoms with Gasteiger partial charge in [-0.1, -0.05) is 11.8 Å². The Hall–Kier alpha value is -1.14. The third-order valence-electron chi connectivity index (χ3n) is 3.41. The molecule has 2 heterocycles. The van der Waals surface area contributed by atoms with Crippen LogP contribution in [0.5, 0.6) is 0 Å². The predicted octanol–water partition coefficient (Wildman–Crippen LogP) is 2.54. The Morgan fingerprint density at radius 1 is 1.42 bits per heavy atom. The number of hydrogen-bond donors (Lipinski definition) is 1. The Morgan fingerprint density at radius 2 is 2.21 bits per heavy atom. The predicted molar refractivity (Wildman–Crippen MR) is 78.6 cm³/mol. The fourth-order valence-electron chi connectivity index (χ4n) is 2.38. The molecule has 1 atom stereocenters. The van der Waals surface area contributed by atoms with Crippen molar-refractivity contribution in [2.45, 2.75) is 42.9 Å². The molecule has 0 fully saturated rings. The minimum absolute atomic E-state index is 0.266. The summed E-state index contributed by atoms with van der Waals surface area (Å²) in [6, 6.07) is 0. The Kier molecular flexibility index (Phi) is 3.45. The van der Waals surface area contributed by atoms with Crippen molar-refractivity contribution in [3.05, 3.63) is 16.8 Å². The first-order valence-electron chi connectivity index (χ1n) is 6.38. The van der Waals surface area contributed by atoms with E-state index in [1.807, 2.05) is 6.92 Å². The van der Waals surface area contributed by atoms with E-state index in [-0.39, 0.29) is 11.2 Å². The first kappa shape index (κ1) is 12.9. The molecule has 2 aromatic rings. The van der Waals surface area contributed by atoms with Crippen molar-refractivity contribution < 1.29 is 4.79 Å². The topological polar surface area (TPSA) is 68.9 Å². The third kappa shape index (κ3) is 2.34. The molecule has 0 bridgehead atoms. The van der Waals surface area contributed by atoms with Crippen LogP contribution in [0.2, 0.25) is 0 Å². The highest BCUT2D eigenvalue weighted by atomic mass is 32.2. The number of fused-ring (bicyclic) bond motifs is 3. The molecule has 4 nitrogen and oxygen atoms in total. The normalized spacial score (nSPS) is 16.3. The van der Waals surface area contributed by atoms with Crippen LogP contribution in [0.1, 0.15) is 30.2 Å². The molecule has 1 unspecified atom stereocenters. The maximum absolute atomic E-state index is 11.2. The second-order valence-electron chi connectivity index (χ2n) is 4.73. The molecule has 0 saturated heterocycles. The second kappa shape index (κ2) is 5.09. The summed E-state index contributed by atoms with van der Waals surface area (Å²) >= 11 is 3.21. The lowest BCUT2D eigenvalue weighted by molar-refractivity contribution is -0.117. The molecule has 3 rings (SSSR count). The van der Waals surface area contributed by atoms with Crippen LogP contribution in [0.3, 0.4) is 0 Å². The van der Waals surface area contributed by atoms with Crippen molar-refractivity contribution in [2.75, 3.05) is 0 Å². The van der Waals surface area contributed by atoms with Gasteiger partial charge in [0.15, 0.2) is 0 Å². The quantitative estimate of drug-likeness (QED) is 0.697. The fraction of sp³-hybridized carbons (Fsp3) is 0.462. The Morgan fingerprint density at radius 3 is 3.00 bits per heavy atom. The van der Waals surface area contributed by atoms with Crippen molar-refractivity contribution in [1.29, 1.82) is 0 Å². The lowest BCUT2D eigenvalue weighted by Crippen LogP contribution is -2.22. The largest absolute Gasteiger partial charge is 0.369 e. The highest BCUT2D eigenvalue weighted by Gasteiger charge is 2.21. The zero-order chi connectivity index (χ0) is 13.4. The molecule has 6 heteroatoms. The molecule has 1 aliphatic carbocycles. The van der Waals surface area contributed by atoms with Crippen molar-refractivity contribution in [3.63, 3.8) is 0 Å². The van der Waals surface area contributed by atoms with E-state index in [9.17, 15) is 4.79 Å². The zero-order valence-corrected chi connectivity index (χ0v) is 12.3. The van der Waals surface area contributed by atoms with Crippen LogP contribution in [-0.2, 0) is 17.6 Å². The monoisotopic (exact) mass is 293 g/mol. The summed E-state index contributed by atoms with van der Waals surface area (Å²) < 4.78 is 0. The van der Waals surface area contributed by atoms with Crippen molar-refractivity contribution in [2.24, 2.45) is 5.73 Å². The van der Waals surface area contributed by atoms with Gasteiger partial charge in [0.2, 0.25) is 5.91 Å². The summed E-state index contributed by atoms with van der Waals surface area (Å²) in [4.78, 5) is 22.4. The number of thiophene rings is 1. The first-order valence-corrected chi connectivity index (χ1v) is 8.07. The van der Waals surface area contributed by atoms with E-state index in [0.717, 1.165) is 28.1 Å². The van der Waals surface area contributed by atoms with Crippen LogP contribution in [0.15, 0.2) is 11.4 Å². The van der Waals surface area contributed by atoms with E-state index in [0.29, 0.717) is 0 Å². The summed E-state index contributed by atoms with van der Waals surface area (Å²) in [7, 11) is 0. The number of hydrogen-bond acceptors (Lipinski definition) is 5. The summed E-state index contributed by atoms with van der Waals surface area (Å²) in [5, 5.41) is 1.79. The molecule has 2 aromatic heterocycles. The van der Waals surface area contributed by atoms with Gasteiger partial charge in [0.25, 0.3) is 0 Å². The van der Waals surface area contributed by atoms with Crippen LogP contribution >= 0.6 is 23.1 Å². The number of rotatable bonds is 3. The molecule has 0 saturated carbocycles.